The number of ether oxygens (including phenoxy) is 7. The number of esters is 7. The van der Waals surface area contributed by atoms with Gasteiger partial charge in [0.15, 0.2) is 5.78 Å². The molecule has 4 aromatic carbocycles. The van der Waals surface area contributed by atoms with Crippen LogP contribution in [0.15, 0.2) is 84.9 Å². The minimum atomic E-state index is -4.78. The molecule has 702 valence electrons. The number of carboxylic acid groups (broad SMARTS) is 1. The van der Waals surface area contributed by atoms with E-state index in [1.807, 2.05) is 0 Å². The highest BCUT2D eigenvalue weighted by Crippen LogP contribution is 2.52. The summed E-state index contributed by atoms with van der Waals surface area (Å²) < 4.78 is 155. The number of nitrogens with zero attached hydrogens (tertiary/aromatic N) is 5. The van der Waals surface area contributed by atoms with Crippen LogP contribution in [0.2, 0.25) is 0 Å². The first-order valence-corrected chi connectivity index (χ1v) is 43.6. The molecule has 2 aliphatic heterocycles. The number of aromatic carboxylic acids is 1. The van der Waals surface area contributed by atoms with E-state index >= 15 is 0 Å². The number of carboxylic acids is 1. The summed E-state index contributed by atoms with van der Waals surface area (Å²) in [6.45, 7) is 34.7. The molecule has 0 atom stereocenters. The molecule has 0 unspecified atom stereocenters. The van der Waals surface area contributed by atoms with Crippen molar-refractivity contribution in [1.29, 1.82) is 0 Å². The van der Waals surface area contributed by atoms with Crippen molar-refractivity contribution >= 4 is 175 Å². The largest absolute Gasteiger partial charge is 0.477 e. The highest BCUT2D eigenvalue weighted by Gasteiger charge is 2.43. The zero-order valence-corrected chi connectivity index (χ0v) is 79.5. The number of hydrogen-bond acceptors (Lipinski definition) is 29. The van der Waals surface area contributed by atoms with Gasteiger partial charge in [-0.3, -0.25) is 24.6 Å². The van der Waals surface area contributed by atoms with Crippen molar-refractivity contribution in [2.24, 2.45) is 0 Å². The number of carbonyl (C=O) groups excluding carboxylic acids is 9. The number of para-hydroxylation sites is 1. The molecule has 0 bridgehead atoms. The van der Waals surface area contributed by atoms with Crippen molar-refractivity contribution in [3.05, 3.63) is 197 Å². The summed E-state index contributed by atoms with van der Waals surface area (Å²) in [5.74, 6) is -5.91. The van der Waals surface area contributed by atoms with Crippen molar-refractivity contribution in [3.63, 3.8) is 0 Å². The SMILES string of the molecule is CCOC(=O)c1c(N(C)c2ccc(C(F)(F)F)cc2[N+](=O)[O-])sc(C(=O)OC(C)(C)C)c1C.CCOC(=O)c1c(N)sc(C(=O)OC(C)(C)C)c1C.CCOC(=O)c1c(NC)sc(C(=O)OC(C)(C)C)c1C.Cc1c(C(=O)O)sc2c1C(=O)N(c1ccccc1)c1cc(C(F)(F)F)ccc1N2C.Cc1c(C(=O)OC(C)(C)C)sc2c1C(=O)Cc1cc(C(F)(F)F)ccc1N2C. The third kappa shape index (κ3) is 25.0. The predicted molar refractivity (Wildman–Crippen MR) is 481 cm³/mol. The van der Waals surface area contributed by atoms with Crippen LogP contribution >= 0.6 is 56.7 Å². The van der Waals surface area contributed by atoms with Crippen LogP contribution in [0.4, 0.5) is 98.6 Å². The number of Topliss-reactive ketones (excluding diaryl/α,β-unsaturated/α-hetero) is 1. The minimum absolute atomic E-state index is 0.0172. The fraction of sp³-hybridized carbons (Fsp3) is 0.393. The third-order valence-corrected chi connectivity index (χ3v) is 24.9. The molecule has 4 N–H and O–H groups in total. The Labute approximate surface area is 763 Å². The lowest BCUT2D eigenvalue weighted by Crippen LogP contribution is -2.26. The number of nitrogens with two attached hydrogens (primary N) is 1. The minimum Gasteiger partial charge on any atom is -0.477 e. The number of amides is 1. The number of nitro benzene ring substituents is 1. The average molecular weight is 1920 g/mol. The molecule has 2 aliphatic rings. The van der Waals surface area contributed by atoms with E-state index in [1.54, 1.807) is 186 Å². The third-order valence-electron chi connectivity index (χ3n) is 18.4. The summed E-state index contributed by atoms with van der Waals surface area (Å²) >= 11 is 5.12. The van der Waals surface area contributed by atoms with E-state index in [0.29, 0.717) is 98.8 Å². The fourth-order valence-electron chi connectivity index (χ4n) is 12.8. The average Bonchev–Trinajstić information content (AvgIpc) is 1.59. The lowest BCUT2D eigenvalue weighted by atomic mass is 10.00. The van der Waals surface area contributed by atoms with E-state index in [-0.39, 0.29) is 84.4 Å². The lowest BCUT2D eigenvalue weighted by molar-refractivity contribution is -0.384. The normalized spacial score (nSPS) is 12.6. The van der Waals surface area contributed by atoms with Crippen LogP contribution in [0, 0.1) is 44.7 Å². The first-order valence-electron chi connectivity index (χ1n) is 39.6. The molecule has 0 saturated heterocycles. The summed E-state index contributed by atoms with van der Waals surface area (Å²) in [6.07, 6.45) is -14.0. The van der Waals surface area contributed by atoms with E-state index in [0.717, 1.165) is 75.7 Å². The number of hydrogen-bond donors (Lipinski definition) is 3. The van der Waals surface area contributed by atoms with E-state index in [1.165, 1.54) is 54.2 Å². The molecule has 0 aliphatic carbocycles. The molecule has 130 heavy (non-hydrogen) atoms. The topological polar surface area (TPSA) is 350 Å². The van der Waals surface area contributed by atoms with Gasteiger partial charge in [0, 0.05) is 52.1 Å². The molecular formula is C89H98F9N7O20S5. The second kappa shape index (κ2) is 41.0. The molecule has 41 heteroatoms. The number of nitrogen functional groups attached to an aromatic ring is 1. The molecule has 27 nitrogen and oxygen atoms in total. The van der Waals surface area contributed by atoms with Gasteiger partial charge in [-0.1, -0.05) is 18.2 Å². The lowest BCUT2D eigenvalue weighted by Gasteiger charge is -2.26. The number of rotatable bonds is 16. The van der Waals surface area contributed by atoms with E-state index in [4.69, 9.17) is 38.9 Å². The highest BCUT2D eigenvalue weighted by molar-refractivity contribution is 7.20. The Hall–Kier alpha value is -12.0. The van der Waals surface area contributed by atoms with Gasteiger partial charge in [0.2, 0.25) is 0 Å². The standard InChI is InChI=1S/C21H23F3N2O6S.C21H15F3N2O3S.C20H20F3NO3S.C14H21NO4S.C13H19NO4S/c1-7-31-18(27)15-11(2)16(19(28)32-20(3,4)5)33-17(15)25(6)13-9-8-12(21(22,23)24)10-14(13)26(29)30;1-11-16-18(27)26(13-6-4-3-5-7-13)15-10-12(21(22,23)24)8-9-14(15)25(2)19(16)30-17(11)20(28)29;1-10-15-14(25)9-11-8-12(20(21,22)23)6-7-13(11)24(5)17(15)28-16(10)18(26)27-19(2,3)4;1-7-18-12(16)9-8(2)10(20-11(9)15-6)13(17)19-14(3,4)5;1-6-17-11(15)8-7(2)9(19-10(8)14)12(16)18-13(3,4)5/h8-10H,7H2,1-6H3;3-10H,1-2H3,(H,28,29);6-8H,9H2,1-5H3;15H,7H2,1-6H3;6,14H2,1-5H3. The van der Waals surface area contributed by atoms with Crippen LogP contribution in [-0.2, 0) is 58.1 Å². The Bertz CT molecular complexity index is 5840. The summed E-state index contributed by atoms with van der Waals surface area (Å²) in [5, 5.41) is 25.9. The maximum absolute atomic E-state index is 13.6. The number of nitro groups is 1. The van der Waals surface area contributed by atoms with Gasteiger partial charge in [-0.15, -0.1) is 56.7 Å². The van der Waals surface area contributed by atoms with E-state index < -0.39 is 122 Å². The second-order valence-electron chi connectivity index (χ2n) is 32.7. The number of thiophene rings is 5. The van der Waals surface area contributed by atoms with Crippen molar-refractivity contribution in [2.75, 3.05) is 78.7 Å². The Morgan fingerprint density at radius 1 is 0.492 bits per heavy atom. The molecule has 5 aromatic heterocycles. The monoisotopic (exact) mass is 1920 g/mol. The molecule has 7 heterocycles. The number of anilines is 10. The zero-order chi connectivity index (χ0) is 98.4. The molecule has 0 spiro atoms. The smallest absolute Gasteiger partial charge is 0.416 e. The van der Waals surface area contributed by atoms with Gasteiger partial charge in [-0.25, -0.2) is 38.4 Å². The Morgan fingerprint density at radius 3 is 1.33 bits per heavy atom. The quantitative estimate of drug-likeness (QED) is 0.0266. The Balaban J connectivity index is 0.000000226. The van der Waals surface area contributed by atoms with Crippen LogP contribution < -0.4 is 30.7 Å². The van der Waals surface area contributed by atoms with Crippen LogP contribution in [0.1, 0.15) is 254 Å². The number of nitrogens with one attached hydrogen (secondary N) is 1. The summed E-state index contributed by atoms with van der Waals surface area (Å²) in [4.78, 5) is 141. The van der Waals surface area contributed by atoms with Gasteiger partial charge >= 0.3 is 66.3 Å². The van der Waals surface area contributed by atoms with Crippen LogP contribution in [0.3, 0.4) is 0 Å². The number of benzene rings is 4. The summed E-state index contributed by atoms with van der Waals surface area (Å²) in [7, 11) is 6.34. The van der Waals surface area contributed by atoms with Gasteiger partial charge in [0.1, 0.15) is 77.5 Å². The van der Waals surface area contributed by atoms with Crippen LogP contribution in [0.25, 0.3) is 0 Å². The first kappa shape index (κ1) is 105. The van der Waals surface area contributed by atoms with Gasteiger partial charge in [-0.2, -0.15) is 39.5 Å². The number of fused-ring (bicyclic) bond motifs is 4. The van der Waals surface area contributed by atoms with Gasteiger partial charge in [0.25, 0.3) is 11.6 Å². The molecule has 9 aromatic rings. The van der Waals surface area contributed by atoms with E-state index in [2.05, 4.69) is 5.32 Å². The second-order valence-corrected chi connectivity index (χ2v) is 37.8. The number of halogens is 9. The van der Waals surface area contributed by atoms with Crippen molar-refractivity contribution in [3.8, 4) is 0 Å². The van der Waals surface area contributed by atoms with Crippen LogP contribution in [0.5, 0.6) is 0 Å². The first-order chi connectivity index (χ1) is 59.9. The Morgan fingerprint density at radius 2 is 0.877 bits per heavy atom. The molecule has 0 radical (unpaired) electrons. The molecule has 11 rings (SSSR count). The molecular weight excluding hydrogens is 1820 g/mol. The van der Waals surface area contributed by atoms with Gasteiger partial charge in [-0.05, 0) is 233 Å². The van der Waals surface area contributed by atoms with Gasteiger partial charge in [0.05, 0.1) is 80.6 Å². The number of ketones is 1. The fourth-order valence-corrected chi connectivity index (χ4v) is 18.2. The van der Waals surface area contributed by atoms with Gasteiger partial charge < -0.3 is 64.0 Å². The Kier molecular flexibility index (Phi) is 33.2. The number of alkyl halides is 9. The van der Waals surface area contributed by atoms with Crippen molar-refractivity contribution in [2.45, 2.75) is 186 Å². The van der Waals surface area contributed by atoms with Crippen LogP contribution in [-0.4, -0.2) is 140 Å². The highest BCUT2D eigenvalue weighted by atomic mass is 32.1. The zero-order valence-electron chi connectivity index (χ0n) is 75.4. The molecule has 1 amide bonds. The maximum atomic E-state index is 13.6. The molecule has 0 saturated carbocycles. The van der Waals surface area contributed by atoms with Crippen molar-refractivity contribution < 1.29 is 131 Å². The maximum Gasteiger partial charge on any atom is 0.416 e. The molecule has 0 fully saturated rings. The van der Waals surface area contributed by atoms with E-state index in [9.17, 15) is 103 Å². The van der Waals surface area contributed by atoms with Crippen molar-refractivity contribution in [1.82, 2.24) is 0 Å². The summed E-state index contributed by atoms with van der Waals surface area (Å²) in [5.41, 5.74) is 4.16. The number of carbonyl (C=O) groups is 10. The summed E-state index contributed by atoms with van der Waals surface area (Å²) in [6, 6.07) is 17.0. The predicted octanol–water partition coefficient (Wildman–Crippen LogP) is 23.3.